The number of rotatable bonds is 3. The summed E-state index contributed by atoms with van der Waals surface area (Å²) in [6.07, 6.45) is 2.75. The van der Waals surface area contributed by atoms with Gasteiger partial charge in [-0.15, -0.1) is 0 Å². The highest BCUT2D eigenvalue weighted by atomic mass is 19.1. The first-order valence-corrected chi connectivity index (χ1v) is 3.91. The zero-order valence-corrected chi connectivity index (χ0v) is 7.51. The summed E-state index contributed by atoms with van der Waals surface area (Å²) in [5, 5.41) is 10.5. The van der Waals surface area contributed by atoms with Gasteiger partial charge in [-0.3, -0.25) is 14.9 Å². The molecular weight excluding hydrogens is 203 g/mol. The van der Waals surface area contributed by atoms with Crippen LogP contribution in [0.25, 0.3) is 6.08 Å². The molecule has 0 atom stereocenters. The number of nitrogens with zero attached hydrogens (tertiary/aromatic N) is 1. The molecule has 1 rings (SSSR count). The number of benzene rings is 1. The van der Waals surface area contributed by atoms with E-state index in [0.29, 0.717) is 6.29 Å². The van der Waals surface area contributed by atoms with Crippen molar-refractivity contribution in [2.45, 2.75) is 0 Å². The smallest absolute Gasteiger partial charge is 0.295 e. The largest absolute Gasteiger partial charge is 0.393 e. The first kappa shape index (κ1) is 10.8. The van der Waals surface area contributed by atoms with Crippen molar-refractivity contribution in [3.63, 3.8) is 0 Å². The molecule has 0 unspecified atom stereocenters. The molecule has 0 saturated carbocycles. The van der Waals surface area contributed by atoms with Gasteiger partial charge in [0.15, 0.2) is 0 Å². The van der Waals surface area contributed by atoms with E-state index >= 15 is 0 Å². The van der Waals surface area contributed by atoms with Crippen molar-refractivity contribution in [2.24, 2.45) is 0 Å². The van der Waals surface area contributed by atoms with Gasteiger partial charge in [0, 0.05) is 5.56 Å². The molecule has 0 heterocycles. The summed E-state index contributed by atoms with van der Waals surface area (Å²) in [5.74, 6) is -0.776. The van der Waals surface area contributed by atoms with Crippen LogP contribution in [0.5, 0.6) is 0 Å². The van der Waals surface area contributed by atoms with Crippen LogP contribution in [0.1, 0.15) is 5.56 Å². The Hall–Kier alpha value is -2.24. The second kappa shape index (κ2) is 4.32. The molecule has 6 heteroatoms. The SMILES string of the molecule is Nc1c(C=CC=O)cc(F)cc1[N+](=O)[O-]. The highest BCUT2D eigenvalue weighted by molar-refractivity contribution is 5.80. The zero-order chi connectivity index (χ0) is 11.4. The molecule has 0 aliphatic heterocycles. The van der Waals surface area contributed by atoms with Crippen LogP contribution in [0.3, 0.4) is 0 Å². The highest BCUT2D eigenvalue weighted by Gasteiger charge is 2.15. The monoisotopic (exact) mass is 210 g/mol. The van der Waals surface area contributed by atoms with Gasteiger partial charge in [-0.2, -0.15) is 0 Å². The third-order valence-corrected chi connectivity index (χ3v) is 1.71. The highest BCUT2D eigenvalue weighted by Crippen LogP contribution is 2.27. The molecule has 2 N–H and O–H groups in total. The maximum absolute atomic E-state index is 12.9. The van der Waals surface area contributed by atoms with E-state index in [1.165, 1.54) is 6.08 Å². The second-order valence-corrected chi connectivity index (χ2v) is 2.68. The lowest BCUT2D eigenvalue weighted by molar-refractivity contribution is -0.384. The molecule has 0 amide bonds. The van der Waals surface area contributed by atoms with E-state index in [1.807, 2.05) is 0 Å². The molecule has 0 spiro atoms. The molecule has 1 aromatic carbocycles. The number of halogens is 1. The summed E-state index contributed by atoms with van der Waals surface area (Å²) >= 11 is 0. The minimum atomic E-state index is -0.781. The van der Waals surface area contributed by atoms with Crippen molar-refractivity contribution < 1.29 is 14.1 Å². The van der Waals surface area contributed by atoms with Gasteiger partial charge < -0.3 is 5.73 Å². The number of nitrogen functional groups attached to an aromatic ring is 1. The summed E-state index contributed by atoms with van der Waals surface area (Å²) in [7, 11) is 0. The van der Waals surface area contributed by atoms with Crippen molar-refractivity contribution in [1.29, 1.82) is 0 Å². The van der Waals surface area contributed by atoms with E-state index in [-0.39, 0.29) is 11.3 Å². The summed E-state index contributed by atoms with van der Waals surface area (Å²) in [6, 6.07) is 1.75. The predicted molar refractivity (Wildman–Crippen MR) is 52.6 cm³/mol. The van der Waals surface area contributed by atoms with E-state index in [0.717, 1.165) is 18.2 Å². The zero-order valence-electron chi connectivity index (χ0n) is 7.51. The average molecular weight is 210 g/mol. The van der Waals surface area contributed by atoms with Crippen LogP contribution in [0.2, 0.25) is 0 Å². The maximum atomic E-state index is 12.9. The molecule has 0 fully saturated rings. The lowest BCUT2D eigenvalue weighted by Gasteiger charge is -2.01. The third-order valence-electron chi connectivity index (χ3n) is 1.71. The van der Waals surface area contributed by atoms with Gasteiger partial charge in [0.05, 0.1) is 11.0 Å². The fourth-order valence-corrected chi connectivity index (χ4v) is 1.06. The van der Waals surface area contributed by atoms with Gasteiger partial charge in [-0.05, 0) is 18.2 Å². The molecule has 15 heavy (non-hydrogen) atoms. The second-order valence-electron chi connectivity index (χ2n) is 2.68. The molecule has 5 nitrogen and oxygen atoms in total. The number of nitro benzene ring substituents is 1. The van der Waals surface area contributed by atoms with Crippen LogP contribution in [0.4, 0.5) is 15.8 Å². The fourth-order valence-electron chi connectivity index (χ4n) is 1.06. The topological polar surface area (TPSA) is 86.2 Å². The summed E-state index contributed by atoms with van der Waals surface area (Å²) in [6.45, 7) is 0. The number of carbonyl (C=O) groups excluding carboxylic acids is 1. The Morgan fingerprint density at radius 1 is 1.47 bits per heavy atom. The molecule has 0 aliphatic carbocycles. The van der Waals surface area contributed by atoms with Crippen molar-refractivity contribution in [3.8, 4) is 0 Å². The van der Waals surface area contributed by atoms with Gasteiger partial charge in [0.25, 0.3) is 5.69 Å². The number of aldehydes is 1. The van der Waals surface area contributed by atoms with Crippen molar-refractivity contribution >= 4 is 23.7 Å². The minimum Gasteiger partial charge on any atom is -0.393 e. The Labute approximate surface area is 84.2 Å². The predicted octanol–water partition coefficient (Wildman–Crippen LogP) is 1.53. The quantitative estimate of drug-likeness (QED) is 0.269. The van der Waals surface area contributed by atoms with Crippen molar-refractivity contribution in [3.05, 3.63) is 39.7 Å². The van der Waals surface area contributed by atoms with Crippen LogP contribution in [-0.4, -0.2) is 11.2 Å². The molecule has 0 radical (unpaired) electrons. The van der Waals surface area contributed by atoms with Gasteiger partial charge >= 0.3 is 0 Å². The van der Waals surface area contributed by atoms with E-state index in [1.54, 1.807) is 0 Å². The third kappa shape index (κ3) is 2.37. The van der Waals surface area contributed by atoms with Gasteiger partial charge in [-0.25, -0.2) is 4.39 Å². The lowest BCUT2D eigenvalue weighted by Crippen LogP contribution is -1.99. The van der Waals surface area contributed by atoms with Crippen LogP contribution in [-0.2, 0) is 4.79 Å². The Kier molecular flexibility index (Phi) is 3.12. The standard InChI is InChI=1S/C9H7FN2O3/c10-7-4-6(2-1-3-13)9(11)8(5-7)12(14)15/h1-5H,11H2. The number of nitrogens with two attached hydrogens (primary N) is 1. The fraction of sp³-hybridized carbons (Fsp3) is 0. The Morgan fingerprint density at radius 2 is 2.13 bits per heavy atom. The molecule has 0 saturated heterocycles. The first-order valence-electron chi connectivity index (χ1n) is 3.91. The van der Waals surface area contributed by atoms with E-state index < -0.39 is 16.4 Å². The number of nitro groups is 1. The number of hydrogen-bond donors (Lipinski definition) is 1. The number of hydrogen-bond acceptors (Lipinski definition) is 4. The van der Waals surface area contributed by atoms with Gasteiger partial charge in [0.1, 0.15) is 17.8 Å². The molecule has 1 aromatic rings. The van der Waals surface area contributed by atoms with Crippen LogP contribution >= 0.6 is 0 Å². The number of allylic oxidation sites excluding steroid dienone is 1. The Balaban J connectivity index is 3.34. The molecular formula is C9H7FN2O3. The van der Waals surface area contributed by atoms with E-state index in [9.17, 15) is 19.3 Å². The molecule has 0 aliphatic rings. The van der Waals surface area contributed by atoms with Crippen molar-refractivity contribution in [2.75, 3.05) is 5.73 Å². The van der Waals surface area contributed by atoms with Crippen LogP contribution < -0.4 is 5.73 Å². The minimum absolute atomic E-state index is 0.105. The summed E-state index contributed by atoms with van der Waals surface area (Å²) in [4.78, 5) is 19.7. The van der Waals surface area contributed by atoms with Crippen LogP contribution in [0, 0.1) is 15.9 Å². The lowest BCUT2D eigenvalue weighted by atomic mass is 10.1. The average Bonchev–Trinajstić information content (AvgIpc) is 2.18. The molecule has 0 bridgehead atoms. The van der Waals surface area contributed by atoms with E-state index in [2.05, 4.69) is 0 Å². The number of anilines is 1. The summed E-state index contributed by atoms with van der Waals surface area (Å²) in [5.41, 5.74) is 4.84. The Bertz CT molecular complexity index is 443. The molecule has 78 valence electrons. The van der Waals surface area contributed by atoms with Gasteiger partial charge in [-0.1, -0.05) is 0 Å². The maximum Gasteiger partial charge on any atom is 0.295 e. The Morgan fingerprint density at radius 3 is 2.67 bits per heavy atom. The van der Waals surface area contributed by atoms with E-state index in [4.69, 9.17) is 5.73 Å². The molecule has 0 aromatic heterocycles. The van der Waals surface area contributed by atoms with Crippen molar-refractivity contribution in [1.82, 2.24) is 0 Å². The number of carbonyl (C=O) groups is 1. The first-order chi connectivity index (χ1) is 7.06. The van der Waals surface area contributed by atoms with Gasteiger partial charge in [0.2, 0.25) is 0 Å². The normalized spacial score (nSPS) is 10.5. The summed E-state index contributed by atoms with van der Waals surface area (Å²) < 4.78 is 12.9. The van der Waals surface area contributed by atoms with Crippen LogP contribution in [0.15, 0.2) is 18.2 Å².